The van der Waals surface area contributed by atoms with E-state index in [4.69, 9.17) is 5.73 Å². The summed E-state index contributed by atoms with van der Waals surface area (Å²) >= 11 is 0. The monoisotopic (exact) mass is 271 g/mol. The maximum atomic E-state index is 13.6. The summed E-state index contributed by atoms with van der Waals surface area (Å²) in [6.45, 7) is 1.87. The second kappa shape index (κ2) is 6.82. The number of unbranched alkanes of at least 4 members (excludes halogenated alkanes) is 1. The van der Waals surface area contributed by atoms with Crippen molar-refractivity contribution in [2.75, 3.05) is 0 Å². The van der Waals surface area contributed by atoms with Gasteiger partial charge in [-0.2, -0.15) is 0 Å². The minimum Gasteiger partial charge on any atom is -0.433 e. The van der Waals surface area contributed by atoms with Crippen LogP contribution >= 0.6 is 0 Å². The molecule has 0 saturated heterocycles. The first kappa shape index (κ1) is 15.1. The van der Waals surface area contributed by atoms with Gasteiger partial charge in [0.2, 0.25) is 0 Å². The van der Waals surface area contributed by atoms with Crippen molar-refractivity contribution in [1.29, 1.82) is 0 Å². The van der Waals surface area contributed by atoms with Gasteiger partial charge in [0.05, 0.1) is 0 Å². The number of benzene rings is 1. The minimum absolute atomic E-state index is 0.102. The van der Waals surface area contributed by atoms with Gasteiger partial charge >= 0.3 is 6.09 Å². The second-order valence-electron chi connectivity index (χ2n) is 4.03. The number of halogens is 2. The molecule has 1 aromatic rings. The molecule has 1 amide bonds. The lowest BCUT2D eigenvalue weighted by atomic mass is 10.0. The predicted molar refractivity (Wildman–Crippen MR) is 64.3 cm³/mol. The molecule has 0 aliphatic heterocycles. The van der Waals surface area contributed by atoms with Crippen LogP contribution < -0.4 is 5.73 Å². The van der Waals surface area contributed by atoms with E-state index in [1.165, 1.54) is 12.1 Å². The van der Waals surface area contributed by atoms with E-state index in [2.05, 4.69) is 4.74 Å². The summed E-state index contributed by atoms with van der Waals surface area (Å²) in [5.41, 5.74) is 4.54. The number of carbonyl (C=O) groups excluding carboxylic acids is 2. The Morgan fingerprint density at radius 3 is 2.63 bits per heavy atom. The zero-order chi connectivity index (χ0) is 14.4. The molecule has 0 aliphatic carbocycles. The van der Waals surface area contributed by atoms with Crippen LogP contribution in [0.1, 0.15) is 37.9 Å². The fraction of sp³-hybridized carbons (Fsp3) is 0.385. The van der Waals surface area contributed by atoms with Crippen LogP contribution in [-0.2, 0) is 9.53 Å². The van der Waals surface area contributed by atoms with Gasteiger partial charge in [0.15, 0.2) is 23.5 Å². The number of hydrogen-bond donors (Lipinski definition) is 1. The Labute approximate surface area is 109 Å². The molecule has 0 aliphatic rings. The van der Waals surface area contributed by atoms with Crippen molar-refractivity contribution in [3.05, 3.63) is 35.4 Å². The number of Topliss-reactive ketones (excluding diaryl/α,β-unsaturated/α-hetero) is 1. The molecule has 0 heterocycles. The summed E-state index contributed by atoms with van der Waals surface area (Å²) in [5.74, 6) is -2.83. The molecular weight excluding hydrogens is 256 g/mol. The average Bonchev–Trinajstić information content (AvgIpc) is 2.36. The Kier molecular flexibility index (Phi) is 5.41. The highest BCUT2D eigenvalue weighted by Gasteiger charge is 2.27. The van der Waals surface area contributed by atoms with Gasteiger partial charge in [-0.15, -0.1) is 0 Å². The van der Waals surface area contributed by atoms with Crippen LogP contribution in [-0.4, -0.2) is 11.9 Å². The molecule has 6 heteroatoms. The summed E-state index contributed by atoms with van der Waals surface area (Å²) in [6, 6.07) is 3.34. The zero-order valence-electron chi connectivity index (χ0n) is 10.5. The summed E-state index contributed by atoms with van der Waals surface area (Å²) in [4.78, 5) is 22.7. The maximum absolute atomic E-state index is 13.6. The van der Waals surface area contributed by atoms with Crippen molar-refractivity contribution < 1.29 is 23.1 Å². The third-order valence-electron chi connectivity index (χ3n) is 2.57. The van der Waals surface area contributed by atoms with Crippen molar-refractivity contribution in [3.63, 3.8) is 0 Å². The van der Waals surface area contributed by atoms with Crippen LogP contribution in [0.2, 0.25) is 0 Å². The first-order valence-electron chi connectivity index (χ1n) is 5.90. The molecule has 0 fully saturated rings. The van der Waals surface area contributed by atoms with Gasteiger partial charge in [-0.25, -0.2) is 13.6 Å². The van der Waals surface area contributed by atoms with E-state index in [1.807, 2.05) is 6.92 Å². The Morgan fingerprint density at radius 2 is 2.05 bits per heavy atom. The lowest BCUT2D eigenvalue weighted by Gasteiger charge is -2.16. The van der Waals surface area contributed by atoms with Crippen molar-refractivity contribution in [1.82, 2.24) is 0 Å². The van der Waals surface area contributed by atoms with E-state index in [1.54, 1.807) is 0 Å². The molecule has 1 atom stereocenters. The highest BCUT2D eigenvalue weighted by atomic mass is 19.2. The van der Waals surface area contributed by atoms with Crippen LogP contribution in [0.3, 0.4) is 0 Å². The van der Waals surface area contributed by atoms with Gasteiger partial charge in [-0.05, 0) is 12.5 Å². The number of hydrogen-bond acceptors (Lipinski definition) is 3. The van der Waals surface area contributed by atoms with Crippen LogP contribution in [0.4, 0.5) is 13.6 Å². The minimum atomic E-state index is -1.50. The summed E-state index contributed by atoms with van der Waals surface area (Å²) < 4.78 is 31.4. The number of primary amides is 1. The van der Waals surface area contributed by atoms with Gasteiger partial charge in [-0.3, -0.25) is 4.79 Å². The van der Waals surface area contributed by atoms with E-state index < -0.39 is 29.6 Å². The second-order valence-corrected chi connectivity index (χ2v) is 4.03. The Hall–Kier alpha value is -1.98. The fourth-order valence-electron chi connectivity index (χ4n) is 1.62. The quantitative estimate of drug-likeness (QED) is 0.864. The van der Waals surface area contributed by atoms with E-state index >= 15 is 0 Å². The van der Waals surface area contributed by atoms with Gasteiger partial charge in [0.1, 0.15) is 0 Å². The van der Waals surface area contributed by atoms with Gasteiger partial charge in [0.25, 0.3) is 0 Å². The summed E-state index contributed by atoms with van der Waals surface area (Å²) in [7, 11) is 0. The Balaban J connectivity index is 3.05. The average molecular weight is 271 g/mol. The molecule has 0 radical (unpaired) electrons. The largest absolute Gasteiger partial charge is 0.433 e. The number of ketones is 1. The SMILES string of the molecule is CCCCC(=O)C(OC(N)=O)c1cccc(F)c1F. The molecule has 0 aromatic heterocycles. The molecule has 0 spiro atoms. The standard InChI is InChI=1S/C13H15F2NO3/c1-2-3-7-10(17)12(19-13(16)18)8-5-4-6-9(14)11(8)15/h4-6,12H,2-3,7H2,1H3,(H2,16,18). The lowest BCUT2D eigenvalue weighted by molar-refractivity contribution is -0.127. The third kappa shape index (κ3) is 4.01. The Morgan fingerprint density at radius 1 is 1.37 bits per heavy atom. The highest BCUT2D eigenvalue weighted by molar-refractivity contribution is 5.86. The topological polar surface area (TPSA) is 69.4 Å². The summed E-state index contributed by atoms with van der Waals surface area (Å²) in [6.07, 6.45) is -1.29. The fourth-order valence-corrected chi connectivity index (χ4v) is 1.62. The molecular formula is C13H15F2NO3. The molecule has 0 saturated carbocycles. The van der Waals surface area contributed by atoms with Crippen molar-refractivity contribution in [2.45, 2.75) is 32.3 Å². The molecule has 2 N–H and O–H groups in total. The summed E-state index contributed by atoms with van der Waals surface area (Å²) in [5, 5.41) is 0. The normalized spacial score (nSPS) is 11.9. The number of carbonyl (C=O) groups is 2. The number of rotatable bonds is 6. The van der Waals surface area contributed by atoms with E-state index in [0.717, 1.165) is 12.5 Å². The van der Waals surface area contributed by atoms with E-state index in [9.17, 15) is 18.4 Å². The first-order valence-corrected chi connectivity index (χ1v) is 5.90. The first-order chi connectivity index (χ1) is 8.97. The van der Waals surface area contributed by atoms with Gasteiger partial charge in [-0.1, -0.05) is 25.5 Å². The molecule has 1 rings (SSSR count). The Bertz CT molecular complexity index is 477. The molecule has 19 heavy (non-hydrogen) atoms. The highest BCUT2D eigenvalue weighted by Crippen LogP contribution is 2.25. The lowest BCUT2D eigenvalue weighted by Crippen LogP contribution is -2.24. The third-order valence-corrected chi connectivity index (χ3v) is 2.57. The molecule has 4 nitrogen and oxygen atoms in total. The van der Waals surface area contributed by atoms with Gasteiger partial charge in [0, 0.05) is 12.0 Å². The number of amides is 1. The van der Waals surface area contributed by atoms with Crippen LogP contribution in [0, 0.1) is 11.6 Å². The van der Waals surface area contributed by atoms with E-state index in [-0.39, 0.29) is 12.0 Å². The molecule has 104 valence electrons. The molecule has 1 aromatic carbocycles. The van der Waals surface area contributed by atoms with E-state index in [0.29, 0.717) is 6.42 Å². The predicted octanol–water partition coefficient (Wildman–Crippen LogP) is 2.86. The van der Waals surface area contributed by atoms with Crippen molar-refractivity contribution in [2.24, 2.45) is 5.73 Å². The smallest absolute Gasteiger partial charge is 0.405 e. The zero-order valence-corrected chi connectivity index (χ0v) is 10.5. The maximum Gasteiger partial charge on any atom is 0.405 e. The van der Waals surface area contributed by atoms with Crippen molar-refractivity contribution in [3.8, 4) is 0 Å². The van der Waals surface area contributed by atoms with Crippen molar-refractivity contribution >= 4 is 11.9 Å². The number of nitrogens with two attached hydrogens (primary N) is 1. The van der Waals surface area contributed by atoms with Crippen LogP contribution in [0.5, 0.6) is 0 Å². The molecule has 1 unspecified atom stereocenters. The number of ether oxygens (including phenoxy) is 1. The van der Waals surface area contributed by atoms with Gasteiger partial charge < -0.3 is 10.5 Å². The van der Waals surface area contributed by atoms with Crippen LogP contribution in [0.15, 0.2) is 18.2 Å². The molecule has 0 bridgehead atoms. The van der Waals surface area contributed by atoms with Crippen LogP contribution in [0.25, 0.3) is 0 Å².